The van der Waals surface area contributed by atoms with Gasteiger partial charge in [-0.1, -0.05) is 13.8 Å². The molecule has 0 amide bonds. The molecule has 0 rings (SSSR count). The highest BCUT2D eigenvalue weighted by Gasteiger charge is 1.92. The summed E-state index contributed by atoms with van der Waals surface area (Å²) in [5, 5.41) is 0. The number of nitrogens with zero attached hydrogens (tertiary/aromatic N) is 1. The predicted octanol–water partition coefficient (Wildman–Crippen LogP) is -0.179. The molecule has 0 fully saturated rings. The summed E-state index contributed by atoms with van der Waals surface area (Å²) in [7, 11) is 1.61. The second-order valence-corrected chi connectivity index (χ2v) is 1.37. The summed E-state index contributed by atoms with van der Waals surface area (Å²) in [4.78, 5) is 2.03. The van der Waals surface area contributed by atoms with Crippen LogP contribution in [0.2, 0.25) is 0 Å². The van der Waals surface area contributed by atoms with Gasteiger partial charge in [0, 0.05) is 0 Å². The average molecular weight is 99.0 g/mol. The summed E-state index contributed by atoms with van der Waals surface area (Å²) in [6, 6.07) is 0. The summed E-state index contributed by atoms with van der Waals surface area (Å²) >= 11 is 0. The van der Waals surface area contributed by atoms with Crippen LogP contribution in [0.1, 0.15) is 13.8 Å². The molecular formula is C4H12BN2. The van der Waals surface area contributed by atoms with Gasteiger partial charge in [-0.2, -0.15) is 0 Å². The van der Waals surface area contributed by atoms with Crippen LogP contribution in [0, 0.1) is 0 Å². The van der Waals surface area contributed by atoms with Gasteiger partial charge in [-0.3, -0.25) is 0 Å². The molecule has 0 bridgehead atoms. The molecule has 41 valence electrons. The Balaban J connectivity index is 2.99. The first-order chi connectivity index (χ1) is 3.35. The van der Waals surface area contributed by atoms with E-state index in [1.807, 2.05) is 4.81 Å². The first-order valence-corrected chi connectivity index (χ1v) is 2.64. The van der Waals surface area contributed by atoms with E-state index in [1.54, 1.807) is 7.55 Å². The monoisotopic (exact) mass is 99.1 g/mol. The maximum atomic E-state index is 5.19. The summed E-state index contributed by atoms with van der Waals surface area (Å²) in [6.07, 6.45) is 0. The minimum Gasteiger partial charge on any atom is -0.359 e. The van der Waals surface area contributed by atoms with Gasteiger partial charge < -0.3 is 10.5 Å². The van der Waals surface area contributed by atoms with Gasteiger partial charge in [-0.15, -0.1) is 0 Å². The van der Waals surface area contributed by atoms with Crippen LogP contribution in [0.25, 0.3) is 0 Å². The van der Waals surface area contributed by atoms with E-state index in [4.69, 9.17) is 5.64 Å². The quantitative estimate of drug-likeness (QED) is 0.497. The largest absolute Gasteiger partial charge is 0.359 e. The number of nitrogens with two attached hydrogens (primary N) is 1. The van der Waals surface area contributed by atoms with E-state index >= 15 is 0 Å². The summed E-state index contributed by atoms with van der Waals surface area (Å²) in [6.45, 7) is 6.17. The third-order valence-corrected chi connectivity index (χ3v) is 1.02. The van der Waals surface area contributed by atoms with Crippen LogP contribution >= 0.6 is 0 Å². The lowest BCUT2D eigenvalue weighted by atomic mass is 10.1. The van der Waals surface area contributed by atoms with Gasteiger partial charge in [0.15, 0.2) is 0 Å². The Bertz CT molecular complexity index is 31.2. The Labute approximate surface area is 46.0 Å². The lowest BCUT2D eigenvalue weighted by Crippen LogP contribution is -2.33. The zero-order valence-electron chi connectivity index (χ0n) is 5.02. The van der Waals surface area contributed by atoms with E-state index in [0.29, 0.717) is 0 Å². The van der Waals surface area contributed by atoms with E-state index < -0.39 is 0 Å². The smallest absolute Gasteiger partial charge is 0.307 e. The van der Waals surface area contributed by atoms with Crippen LogP contribution in [0.5, 0.6) is 0 Å². The molecule has 0 aliphatic heterocycles. The highest BCUT2D eigenvalue weighted by molar-refractivity contribution is 6.27. The van der Waals surface area contributed by atoms with Crippen molar-refractivity contribution in [2.75, 3.05) is 13.1 Å². The van der Waals surface area contributed by atoms with Crippen molar-refractivity contribution in [3.05, 3.63) is 0 Å². The summed E-state index contributed by atoms with van der Waals surface area (Å²) in [5.41, 5.74) is 5.19. The normalized spacial score (nSPS) is 9.71. The molecular weight excluding hydrogens is 86.9 g/mol. The Hall–Kier alpha value is -0.0151. The van der Waals surface area contributed by atoms with Crippen LogP contribution in [0.15, 0.2) is 0 Å². The van der Waals surface area contributed by atoms with Crippen molar-refractivity contribution in [1.82, 2.24) is 4.81 Å². The fourth-order valence-corrected chi connectivity index (χ4v) is 0.434. The van der Waals surface area contributed by atoms with Gasteiger partial charge in [0.05, 0.1) is 0 Å². The van der Waals surface area contributed by atoms with Crippen molar-refractivity contribution < 1.29 is 0 Å². The molecule has 0 aliphatic rings. The van der Waals surface area contributed by atoms with Gasteiger partial charge in [-0.05, 0) is 13.1 Å². The van der Waals surface area contributed by atoms with E-state index in [0.717, 1.165) is 13.1 Å². The second-order valence-electron chi connectivity index (χ2n) is 1.37. The van der Waals surface area contributed by atoms with Crippen molar-refractivity contribution in [2.45, 2.75) is 13.8 Å². The fraction of sp³-hybridized carbons (Fsp3) is 1.00. The van der Waals surface area contributed by atoms with Crippen LogP contribution in [0.4, 0.5) is 0 Å². The molecule has 2 nitrogen and oxygen atoms in total. The van der Waals surface area contributed by atoms with Crippen molar-refractivity contribution in [1.29, 1.82) is 0 Å². The molecule has 0 atom stereocenters. The zero-order valence-corrected chi connectivity index (χ0v) is 5.02. The molecule has 3 heteroatoms. The van der Waals surface area contributed by atoms with Crippen LogP contribution in [-0.4, -0.2) is 25.4 Å². The summed E-state index contributed by atoms with van der Waals surface area (Å²) in [5.74, 6) is 0. The van der Waals surface area contributed by atoms with E-state index in [9.17, 15) is 0 Å². The maximum absolute atomic E-state index is 5.19. The molecule has 0 spiro atoms. The molecule has 2 N–H and O–H groups in total. The third-order valence-electron chi connectivity index (χ3n) is 1.02. The Morgan fingerprint density at radius 3 is 1.86 bits per heavy atom. The van der Waals surface area contributed by atoms with Gasteiger partial charge in [0.2, 0.25) is 0 Å². The molecule has 0 aliphatic carbocycles. The van der Waals surface area contributed by atoms with Crippen molar-refractivity contribution in [2.24, 2.45) is 5.64 Å². The highest BCUT2D eigenvalue weighted by atomic mass is 15.1. The number of hydrogen-bond donors (Lipinski definition) is 1. The molecule has 0 saturated heterocycles. The second kappa shape index (κ2) is 4.15. The number of hydrogen-bond acceptors (Lipinski definition) is 2. The minimum atomic E-state index is 1.01. The molecule has 0 aromatic heterocycles. The van der Waals surface area contributed by atoms with Crippen LogP contribution < -0.4 is 5.64 Å². The Morgan fingerprint density at radius 1 is 1.43 bits per heavy atom. The molecule has 0 heterocycles. The molecule has 1 radical (unpaired) electrons. The van der Waals surface area contributed by atoms with Crippen molar-refractivity contribution >= 4 is 7.55 Å². The van der Waals surface area contributed by atoms with Crippen LogP contribution in [0.3, 0.4) is 0 Å². The van der Waals surface area contributed by atoms with E-state index in [1.165, 1.54) is 0 Å². The van der Waals surface area contributed by atoms with E-state index in [-0.39, 0.29) is 0 Å². The summed E-state index contributed by atoms with van der Waals surface area (Å²) < 4.78 is 0. The first-order valence-electron chi connectivity index (χ1n) is 2.64. The standard InChI is InChI=1S/C4H12BN2/c1-3-7(4-2)5-6/h3-4,6H2,1-2H3. The zero-order chi connectivity index (χ0) is 5.70. The van der Waals surface area contributed by atoms with Crippen molar-refractivity contribution in [3.8, 4) is 0 Å². The molecule has 0 aromatic carbocycles. The van der Waals surface area contributed by atoms with Gasteiger partial charge in [0.1, 0.15) is 0 Å². The SMILES string of the molecule is CCN([B]N)CC. The third kappa shape index (κ3) is 2.65. The Kier molecular flexibility index (Phi) is 4.14. The van der Waals surface area contributed by atoms with Crippen LogP contribution in [-0.2, 0) is 0 Å². The fourth-order valence-electron chi connectivity index (χ4n) is 0.434. The maximum Gasteiger partial charge on any atom is 0.307 e. The lowest BCUT2D eigenvalue weighted by Gasteiger charge is -2.11. The first kappa shape index (κ1) is 6.98. The van der Waals surface area contributed by atoms with Crippen molar-refractivity contribution in [3.63, 3.8) is 0 Å². The van der Waals surface area contributed by atoms with Gasteiger partial charge >= 0.3 is 7.55 Å². The molecule has 0 aromatic rings. The molecule has 7 heavy (non-hydrogen) atoms. The van der Waals surface area contributed by atoms with E-state index in [2.05, 4.69) is 13.8 Å². The molecule has 0 saturated carbocycles. The highest BCUT2D eigenvalue weighted by Crippen LogP contribution is 1.75. The number of rotatable bonds is 3. The average Bonchev–Trinajstić information content (AvgIpc) is 1.72. The van der Waals surface area contributed by atoms with Gasteiger partial charge in [0.25, 0.3) is 0 Å². The minimum absolute atomic E-state index is 1.01. The lowest BCUT2D eigenvalue weighted by molar-refractivity contribution is 0.493. The Morgan fingerprint density at radius 2 is 1.86 bits per heavy atom. The molecule has 0 unspecified atom stereocenters. The topological polar surface area (TPSA) is 29.3 Å². The van der Waals surface area contributed by atoms with Gasteiger partial charge in [-0.25, -0.2) is 0 Å². The predicted molar refractivity (Wildman–Crippen MR) is 32.9 cm³/mol.